The Hall–Kier alpha value is -16.8. The number of benzene rings is 17. The average molecular weight is 1730 g/mol. The van der Waals surface area contributed by atoms with Crippen molar-refractivity contribution in [2.75, 3.05) is 0 Å². The number of rotatable bonds is 6. The Bertz CT molecular complexity index is 10100. The van der Waals surface area contributed by atoms with E-state index in [1.165, 1.54) is 120 Å². The highest BCUT2D eigenvalue weighted by molar-refractivity contribution is 7.33. The third-order valence-electron chi connectivity index (χ3n) is 26.7. The van der Waals surface area contributed by atoms with Gasteiger partial charge in [-0.25, -0.2) is 9.97 Å². The maximum absolute atomic E-state index is 6.78. The van der Waals surface area contributed by atoms with Crippen LogP contribution in [0.1, 0.15) is 0 Å². The molecule has 0 amide bonds. The fourth-order valence-electron chi connectivity index (χ4n) is 21.0. The van der Waals surface area contributed by atoms with Crippen LogP contribution in [0, 0.1) is 0 Å². The maximum atomic E-state index is 6.78. The Morgan fingerprint density at radius 1 is 0.198 bits per heavy atom. The summed E-state index contributed by atoms with van der Waals surface area (Å²) in [6, 6.07) is 139. The SMILES string of the molecule is c1ccc(-c2cc(-n3c4ccccc4c4ccccc43)nc3c2sc2c3ccc3c4ccccc4sc32)cc1.c1ccc2c(c1)oc1cc3c(cc12)oc1nc(-n2c4ccccc4c4ccccc42)cc(-n2c4ccccc4c4ccccc42)c13.c1ccc2c(c1)oc1ccc(-c3nc(-n4c5ccccc5c5ccccc54)cc4oc5cc6c(cc5c34)sc3ccccc36)cc12. The second kappa shape index (κ2) is 27.9. The molecule has 17 aromatic carbocycles. The van der Waals surface area contributed by atoms with Crippen molar-refractivity contribution in [1.29, 1.82) is 0 Å². The lowest BCUT2D eigenvalue weighted by Crippen LogP contribution is -2.02. The van der Waals surface area contributed by atoms with E-state index in [4.69, 9.17) is 32.6 Å². The number of pyridine rings is 3. The Balaban J connectivity index is 0.0000000969. The largest absolute Gasteiger partial charge is 0.456 e. The number of para-hydroxylation sites is 10. The zero-order valence-corrected chi connectivity index (χ0v) is 72.0. The molecule has 0 saturated heterocycles. The minimum Gasteiger partial charge on any atom is -0.456 e. The summed E-state index contributed by atoms with van der Waals surface area (Å²) in [5.74, 6) is 2.58. The molecule has 0 atom stereocenters. The van der Waals surface area contributed by atoms with Gasteiger partial charge in [0.1, 0.15) is 56.5 Å². The van der Waals surface area contributed by atoms with E-state index in [0.717, 1.165) is 155 Å². The van der Waals surface area contributed by atoms with Crippen LogP contribution in [0.3, 0.4) is 0 Å². The van der Waals surface area contributed by atoms with E-state index in [0.29, 0.717) is 5.71 Å². The number of furan rings is 4. The molecule has 0 fully saturated rings. The van der Waals surface area contributed by atoms with Crippen molar-refractivity contribution in [3.8, 4) is 45.5 Å². The van der Waals surface area contributed by atoms with Gasteiger partial charge in [0.15, 0.2) is 0 Å². The average Bonchev–Trinajstić information content (AvgIpc) is 1.53. The topological polar surface area (TPSA) is 111 Å². The minimum absolute atomic E-state index is 0.586. The molecule has 0 aliphatic heterocycles. The van der Waals surface area contributed by atoms with Gasteiger partial charge in [-0.15, -0.1) is 34.0 Å². The fourth-order valence-corrected chi connectivity index (χ4v) is 24.8. The molecule has 131 heavy (non-hydrogen) atoms. The Labute approximate surface area is 754 Å². The number of hydrogen-bond donors (Lipinski definition) is 0. The summed E-state index contributed by atoms with van der Waals surface area (Å²) in [7, 11) is 0. The van der Waals surface area contributed by atoms with Crippen molar-refractivity contribution in [3.63, 3.8) is 0 Å². The molecular weight excluding hydrogens is 1660 g/mol. The lowest BCUT2D eigenvalue weighted by molar-refractivity contribution is 0.651. The van der Waals surface area contributed by atoms with E-state index in [2.05, 4.69) is 382 Å². The van der Waals surface area contributed by atoms with Gasteiger partial charge in [0.2, 0.25) is 5.71 Å². The van der Waals surface area contributed by atoms with Gasteiger partial charge in [-0.2, -0.15) is 4.98 Å². The summed E-state index contributed by atoms with van der Waals surface area (Å²) in [6.45, 7) is 0. The zero-order chi connectivity index (χ0) is 85.4. The summed E-state index contributed by atoms with van der Waals surface area (Å²) < 4.78 is 43.1. The highest BCUT2D eigenvalue weighted by Crippen LogP contribution is 2.51. The first-order valence-corrected chi connectivity index (χ1v) is 46.4. The molecular formula is C117H65N7O4S3. The molecule has 610 valence electrons. The number of hydrogen-bond acceptors (Lipinski definition) is 10. The second-order valence-corrected chi connectivity index (χ2v) is 37.0. The van der Waals surface area contributed by atoms with Crippen LogP contribution in [-0.4, -0.2) is 33.2 Å². The first-order valence-electron chi connectivity index (χ1n) is 43.9. The molecule has 0 aliphatic carbocycles. The molecule has 14 heterocycles. The van der Waals surface area contributed by atoms with Gasteiger partial charge in [0.05, 0.1) is 85.9 Å². The highest BCUT2D eigenvalue weighted by atomic mass is 32.1. The van der Waals surface area contributed by atoms with Crippen LogP contribution in [0.4, 0.5) is 0 Å². The third kappa shape index (κ3) is 10.7. The molecule has 0 saturated carbocycles. The molecule has 0 N–H and O–H groups in total. The van der Waals surface area contributed by atoms with Crippen molar-refractivity contribution in [3.05, 3.63) is 394 Å². The van der Waals surface area contributed by atoms with Gasteiger partial charge in [-0.05, 0) is 127 Å². The van der Waals surface area contributed by atoms with Gasteiger partial charge in [0, 0.05) is 140 Å². The number of nitrogens with zero attached hydrogens (tertiary/aromatic N) is 7. The van der Waals surface area contributed by atoms with Crippen molar-refractivity contribution in [1.82, 2.24) is 33.2 Å². The first-order chi connectivity index (χ1) is 64.9. The van der Waals surface area contributed by atoms with Gasteiger partial charge in [-0.1, -0.05) is 261 Å². The molecule has 0 bridgehead atoms. The van der Waals surface area contributed by atoms with Crippen molar-refractivity contribution in [2.45, 2.75) is 0 Å². The minimum atomic E-state index is 0.586. The Morgan fingerprint density at radius 2 is 0.595 bits per heavy atom. The maximum Gasteiger partial charge on any atom is 0.231 e. The quantitative estimate of drug-likeness (QED) is 0.163. The fraction of sp³-hybridized carbons (Fsp3) is 0. The Kier molecular flexibility index (Phi) is 15.4. The number of thiophene rings is 3. The van der Waals surface area contributed by atoms with Crippen molar-refractivity contribution >= 4 is 270 Å². The van der Waals surface area contributed by atoms with Crippen LogP contribution < -0.4 is 0 Å². The van der Waals surface area contributed by atoms with Crippen LogP contribution in [0.25, 0.3) is 281 Å². The van der Waals surface area contributed by atoms with Crippen LogP contribution in [0.2, 0.25) is 0 Å². The third-order valence-corrected chi connectivity index (χ3v) is 30.5. The van der Waals surface area contributed by atoms with E-state index < -0.39 is 0 Å². The van der Waals surface area contributed by atoms with Gasteiger partial charge < -0.3 is 22.2 Å². The van der Waals surface area contributed by atoms with Gasteiger partial charge >= 0.3 is 0 Å². The molecule has 0 radical (unpaired) electrons. The number of aromatic nitrogens is 7. The molecule has 0 spiro atoms. The molecule has 14 aromatic heterocycles. The van der Waals surface area contributed by atoms with Crippen molar-refractivity contribution in [2.24, 2.45) is 0 Å². The zero-order valence-electron chi connectivity index (χ0n) is 69.5. The van der Waals surface area contributed by atoms with Crippen LogP contribution >= 0.6 is 34.0 Å². The molecule has 31 rings (SSSR count). The summed E-state index contributed by atoms with van der Waals surface area (Å²) in [4.78, 5) is 16.2. The predicted octanol–water partition coefficient (Wildman–Crippen LogP) is 33.7. The lowest BCUT2D eigenvalue weighted by atomic mass is 10.0. The van der Waals surface area contributed by atoms with E-state index in [1.807, 2.05) is 64.3 Å². The molecule has 11 nitrogen and oxygen atoms in total. The molecule has 0 aliphatic rings. The number of fused-ring (bicyclic) bond motifs is 34. The molecule has 0 unspecified atom stereocenters. The van der Waals surface area contributed by atoms with Gasteiger partial charge in [0.25, 0.3) is 0 Å². The normalized spacial score (nSPS) is 12.3. The van der Waals surface area contributed by atoms with E-state index >= 15 is 0 Å². The van der Waals surface area contributed by atoms with Crippen LogP contribution in [-0.2, 0) is 0 Å². The summed E-state index contributed by atoms with van der Waals surface area (Å²) >= 11 is 5.59. The smallest absolute Gasteiger partial charge is 0.231 e. The van der Waals surface area contributed by atoms with Crippen LogP contribution in [0.5, 0.6) is 0 Å². The standard InChI is InChI=1S/C41H23N3O2.C41H22N2O2S.C35H20N2S2/c1-6-16-31-24(11-1)25-12-2-7-17-32(25)43(31)35-23-39(44-33-18-8-3-13-26(33)27-14-4-9-19-34(27)44)42-41-40(35)30-22-37-29(21-38(30)46-41)28-15-5-10-20-36(28)45-37;1-5-13-31-24(9-1)25-10-2-6-14-32(25)43(31)39-22-36-40(30-21-38-29(20-35(30)45-36)27-12-4-8-16-37(27)46-38)41(42-39)23-17-18-34-28(19-23)26-11-3-7-15-33(26)44-34;1-2-10-21(11-3-1)27-20-31(37-28-15-7-4-12-22(28)23-13-5-8-16-29(23)37)36-32-26-19-18-25-24-14-6-9-17-30(24)38-34(25)35(26)39-33(27)32/h1-23H;1-22H;1-20H. The monoisotopic (exact) mass is 1730 g/mol. The predicted molar refractivity (Wildman–Crippen MR) is 549 cm³/mol. The Morgan fingerprint density at radius 3 is 1.16 bits per heavy atom. The van der Waals surface area contributed by atoms with Crippen LogP contribution in [0.15, 0.2) is 412 Å². The summed E-state index contributed by atoms with van der Waals surface area (Å²) in [6.07, 6.45) is 0. The summed E-state index contributed by atoms with van der Waals surface area (Å²) in [5.41, 5.74) is 22.0. The molecule has 14 heteroatoms. The van der Waals surface area contributed by atoms with E-state index in [9.17, 15) is 0 Å². The van der Waals surface area contributed by atoms with Gasteiger partial charge in [-0.3, -0.25) is 13.7 Å². The highest BCUT2D eigenvalue weighted by Gasteiger charge is 2.28. The second-order valence-electron chi connectivity index (χ2n) is 33.9. The van der Waals surface area contributed by atoms with Crippen molar-refractivity contribution < 1.29 is 17.7 Å². The lowest BCUT2D eigenvalue weighted by Gasteiger charge is -2.13. The first kappa shape index (κ1) is 72.4. The molecule has 31 aromatic rings. The summed E-state index contributed by atoms with van der Waals surface area (Å²) in [5, 5.41) is 24.3. The van der Waals surface area contributed by atoms with E-state index in [-0.39, 0.29) is 0 Å². The van der Waals surface area contributed by atoms with E-state index in [1.54, 1.807) is 0 Å².